The first kappa shape index (κ1) is 37.9. The molecule has 1 N–H and O–H groups in total. The standard InChI is InChI=1S/C25H23N2.C17H28O2.CH4.Ir/c1-17-9-11-18(12-10-17)20-13-14-24-23(15-20)25(27-16-26-24)22-8-4-6-19-5-2-3-7-21(19)22;1-12-3-7-14(8-4-12)16(18)11-17(19)15-9-5-13(2)6-10-15;;/h2-7,13-18H,9-12H2,1H3;11-15,18H,3-10H2,1-2H3;1H4;/q-1;;;. The summed E-state index contributed by atoms with van der Waals surface area (Å²) < 4.78 is 0. The third kappa shape index (κ3) is 9.21. The summed E-state index contributed by atoms with van der Waals surface area (Å²) in [6.45, 7) is 6.90. The van der Waals surface area contributed by atoms with Gasteiger partial charge in [0.25, 0.3) is 0 Å². The van der Waals surface area contributed by atoms with E-state index in [1.165, 1.54) is 54.9 Å². The predicted molar refractivity (Wildman–Crippen MR) is 196 cm³/mol. The number of aliphatic hydroxyl groups excluding tert-OH is 1. The maximum atomic E-state index is 12.2. The van der Waals surface area contributed by atoms with Gasteiger partial charge in [-0.3, -0.25) is 9.78 Å². The molecule has 0 aliphatic heterocycles. The van der Waals surface area contributed by atoms with Gasteiger partial charge in [0.1, 0.15) is 6.33 Å². The Morgan fingerprint density at radius 1 is 0.750 bits per heavy atom. The topological polar surface area (TPSA) is 63.1 Å². The number of carbonyl (C=O) groups is 1. The number of hydrogen-bond acceptors (Lipinski definition) is 4. The van der Waals surface area contributed by atoms with Crippen LogP contribution in [0.4, 0.5) is 0 Å². The van der Waals surface area contributed by atoms with Crippen molar-refractivity contribution in [2.75, 3.05) is 0 Å². The second-order valence-corrected chi connectivity index (χ2v) is 14.8. The smallest absolute Gasteiger partial charge is 0.162 e. The van der Waals surface area contributed by atoms with Gasteiger partial charge in [0.05, 0.1) is 11.3 Å². The summed E-state index contributed by atoms with van der Waals surface area (Å²) >= 11 is 0. The molecule has 0 unspecified atom stereocenters. The van der Waals surface area contributed by atoms with Gasteiger partial charge in [-0.15, -0.1) is 29.1 Å². The van der Waals surface area contributed by atoms with E-state index in [1.54, 1.807) is 12.4 Å². The molecule has 7 rings (SSSR count). The van der Waals surface area contributed by atoms with Crippen LogP contribution < -0.4 is 0 Å². The molecule has 1 heterocycles. The number of aromatic nitrogens is 2. The van der Waals surface area contributed by atoms with E-state index in [9.17, 15) is 9.90 Å². The van der Waals surface area contributed by atoms with Crippen LogP contribution in [0.1, 0.15) is 117 Å². The summed E-state index contributed by atoms with van der Waals surface area (Å²) in [6, 6.07) is 22.8. The van der Waals surface area contributed by atoms with Gasteiger partial charge in [-0.2, -0.15) is 0 Å². The molecule has 0 atom stereocenters. The molecule has 3 aliphatic carbocycles. The van der Waals surface area contributed by atoms with Crippen molar-refractivity contribution in [3.05, 3.63) is 84.4 Å². The normalized spacial score (nSPS) is 26.0. The number of carbonyl (C=O) groups excluding carboxylic acids is 1. The molecule has 0 saturated heterocycles. The Labute approximate surface area is 302 Å². The maximum Gasteiger partial charge on any atom is 0.162 e. The van der Waals surface area contributed by atoms with Crippen LogP contribution in [0.2, 0.25) is 0 Å². The predicted octanol–water partition coefficient (Wildman–Crippen LogP) is 11.8. The third-order valence-corrected chi connectivity index (χ3v) is 11.2. The SMILES string of the molecule is C.CC1CCC(C(=O)C=C(O)C2CCC(C)CC2)CC1.CC1CCC(c2ccc3ncnc(-c4[c-]ccc5ccccc45)c3c2)CC1.[Ir]. The minimum atomic E-state index is 0. The van der Waals surface area contributed by atoms with Gasteiger partial charge in [-0.05, 0) is 84.9 Å². The molecule has 3 aromatic carbocycles. The molecule has 259 valence electrons. The average molecular weight is 824 g/mol. The van der Waals surface area contributed by atoms with E-state index >= 15 is 0 Å². The van der Waals surface area contributed by atoms with Gasteiger partial charge < -0.3 is 5.11 Å². The van der Waals surface area contributed by atoms with E-state index in [1.807, 2.05) is 6.07 Å². The van der Waals surface area contributed by atoms with Crippen molar-refractivity contribution >= 4 is 27.5 Å². The molecule has 0 bridgehead atoms. The summed E-state index contributed by atoms with van der Waals surface area (Å²) in [4.78, 5) is 21.4. The van der Waals surface area contributed by atoms with Crippen molar-refractivity contribution in [3.63, 3.8) is 0 Å². The summed E-state index contributed by atoms with van der Waals surface area (Å²) in [5, 5.41) is 13.7. The van der Waals surface area contributed by atoms with E-state index in [-0.39, 0.29) is 45.2 Å². The molecule has 3 saturated carbocycles. The first-order valence-electron chi connectivity index (χ1n) is 17.9. The van der Waals surface area contributed by atoms with Gasteiger partial charge in [0.2, 0.25) is 0 Å². The molecule has 0 amide bonds. The fraction of sp³-hybridized carbons (Fsp3) is 0.512. The molecule has 1 radical (unpaired) electrons. The Balaban J connectivity index is 0.000000221. The maximum absolute atomic E-state index is 12.2. The molecule has 4 aromatic rings. The fourth-order valence-corrected chi connectivity index (χ4v) is 7.96. The van der Waals surface area contributed by atoms with E-state index < -0.39 is 0 Å². The van der Waals surface area contributed by atoms with Crippen LogP contribution in [-0.4, -0.2) is 20.9 Å². The third-order valence-electron chi connectivity index (χ3n) is 11.2. The van der Waals surface area contributed by atoms with Crippen molar-refractivity contribution in [2.24, 2.45) is 29.6 Å². The molecular weight excluding hydrogens is 769 g/mol. The monoisotopic (exact) mass is 824 g/mol. The summed E-state index contributed by atoms with van der Waals surface area (Å²) in [6.07, 6.45) is 17.2. The second kappa shape index (κ2) is 17.7. The first-order chi connectivity index (χ1) is 22.4. The molecule has 3 aliphatic rings. The van der Waals surface area contributed by atoms with Gasteiger partial charge in [0.15, 0.2) is 5.78 Å². The number of rotatable bonds is 5. The molecule has 4 nitrogen and oxygen atoms in total. The number of aliphatic hydroxyl groups is 1. The van der Waals surface area contributed by atoms with Crippen LogP contribution >= 0.6 is 0 Å². The fourth-order valence-electron chi connectivity index (χ4n) is 7.96. The molecule has 1 aromatic heterocycles. The van der Waals surface area contributed by atoms with Crippen LogP contribution in [0.5, 0.6) is 0 Å². The quantitative estimate of drug-likeness (QED) is 0.124. The van der Waals surface area contributed by atoms with E-state index in [4.69, 9.17) is 0 Å². The zero-order valence-electron chi connectivity index (χ0n) is 28.4. The van der Waals surface area contributed by atoms with Crippen LogP contribution in [0.25, 0.3) is 32.9 Å². The molecule has 3 fully saturated rings. The summed E-state index contributed by atoms with van der Waals surface area (Å²) in [5.41, 5.74) is 4.50. The van der Waals surface area contributed by atoms with Crippen LogP contribution in [-0.2, 0) is 24.9 Å². The number of fused-ring (bicyclic) bond motifs is 2. The molecule has 0 spiro atoms. The van der Waals surface area contributed by atoms with E-state index in [0.29, 0.717) is 11.7 Å². The number of nitrogens with zero attached hydrogens (tertiary/aromatic N) is 2. The average Bonchev–Trinajstić information content (AvgIpc) is 3.09. The number of ketones is 1. The number of hydrogen-bond donors (Lipinski definition) is 1. The Bertz CT molecular complexity index is 1650. The Morgan fingerprint density at radius 3 is 2.02 bits per heavy atom. The Hall–Kier alpha value is -2.88. The minimum absolute atomic E-state index is 0. The van der Waals surface area contributed by atoms with Gasteiger partial charge in [0, 0.05) is 38.0 Å². The van der Waals surface area contributed by atoms with Gasteiger partial charge in [-0.1, -0.05) is 109 Å². The van der Waals surface area contributed by atoms with Crippen molar-refractivity contribution in [2.45, 2.75) is 111 Å². The van der Waals surface area contributed by atoms with Crippen molar-refractivity contribution in [1.82, 2.24) is 9.97 Å². The van der Waals surface area contributed by atoms with Crippen LogP contribution in [0.3, 0.4) is 0 Å². The van der Waals surface area contributed by atoms with Crippen LogP contribution in [0, 0.1) is 35.7 Å². The number of allylic oxidation sites excluding steroid dienone is 2. The summed E-state index contributed by atoms with van der Waals surface area (Å²) in [7, 11) is 0. The largest absolute Gasteiger partial charge is 0.512 e. The second-order valence-electron chi connectivity index (χ2n) is 14.8. The van der Waals surface area contributed by atoms with Crippen molar-refractivity contribution < 1.29 is 30.0 Å². The molecular formula is C43H55IrN2O2-. The number of benzene rings is 3. The Kier molecular flexibility index (Phi) is 14.0. The molecule has 5 heteroatoms. The van der Waals surface area contributed by atoms with Gasteiger partial charge in [-0.25, -0.2) is 4.98 Å². The minimum Gasteiger partial charge on any atom is -0.512 e. The zero-order valence-corrected chi connectivity index (χ0v) is 30.8. The summed E-state index contributed by atoms with van der Waals surface area (Å²) in [5.74, 6) is 4.00. The van der Waals surface area contributed by atoms with E-state index in [0.717, 1.165) is 78.4 Å². The Morgan fingerprint density at radius 2 is 1.35 bits per heavy atom. The van der Waals surface area contributed by atoms with Gasteiger partial charge >= 0.3 is 0 Å². The molecule has 48 heavy (non-hydrogen) atoms. The zero-order chi connectivity index (χ0) is 32.0. The van der Waals surface area contributed by atoms with Crippen LogP contribution in [0.15, 0.2) is 72.8 Å². The van der Waals surface area contributed by atoms with Crippen molar-refractivity contribution in [3.8, 4) is 11.3 Å². The van der Waals surface area contributed by atoms with E-state index in [2.05, 4.69) is 85.3 Å². The van der Waals surface area contributed by atoms with Crippen molar-refractivity contribution in [1.29, 1.82) is 0 Å². The first-order valence-corrected chi connectivity index (χ1v) is 17.9.